The number of amides is 1. The smallest absolute Gasteiger partial charge is 0.246 e. The Kier molecular flexibility index (Phi) is 9.67. The topological polar surface area (TPSA) is 114 Å². The Morgan fingerprint density at radius 3 is 2.83 bits per heavy atom. The first-order valence-electron chi connectivity index (χ1n) is 10.9. The molecule has 0 unspecified atom stereocenters. The zero-order valence-electron chi connectivity index (χ0n) is 19.7. The van der Waals surface area contributed by atoms with Gasteiger partial charge in [0, 0.05) is 19.3 Å². The second-order valence-corrected chi connectivity index (χ2v) is 7.94. The maximum absolute atomic E-state index is 13.4. The molecule has 0 aliphatic heterocycles. The highest BCUT2D eigenvalue weighted by molar-refractivity contribution is 6.32. The minimum absolute atomic E-state index is 0.00498. The SMILES string of the molecule is C=CNc1cc(/C=C/CNC(=O)COC)[nH]c1C(N)=Nc1ccc(OCc2cccc(F)c2)c(Cl)c1. The second kappa shape index (κ2) is 13.1. The fourth-order valence-corrected chi connectivity index (χ4v) is 3.42. The number of nitrogens with one attached hydrogen (secondary N) is 3. The molecular formula is C26H27ClFN5O3. The van der Waals surface area contributed by atoms with E-state index in [-0.39, 0.29) is 30.8 Å². The van der Waals surface area contributed by atoms with Crippen molar-refractivity contribution in [1.82, 2.24) is 10.3 Å². The summed E-state index contributed by atoms with van der Waals surface area (Å²) >= 11 is 6.36. The summed E-state index contributed by atoms with van der Waals surface area (Å²) in [6.45, 7) is 4.22. The zero-order chi connectivity index (χ0) is 25.9. The zero-order valence-corrected chi connectivity index (χ0v) is 20.4. The standard InChI is InChI=1S/C26H27ClFN5O3/c1-3-30-22-14-19(8-5-11-31-24(34)16-35-2)32-25(22)26(29)33-20-9-10-23(21(27)13-20)36-15-17-6-4-7-18(28)12-17/h3-10,12-14,30,32H,1,11,15-16H2,2H3,(H2,29,33)(H,31,34)/b8-5+. The van der Waals surface area contributed by atoms with Crippen LogP contribution >= 0.6 is 11.6 Å². The number of benzene rings is 2. The molecule has 0 saturated carbocycles. The molecule has 8 nitrogen and oxygen atoms in total. The largest absolute Gasteiger partial charge is 0.487 e. The molecular weight excluding hydrogens is 485 g/mol. The number of hydrogen-bond donors (Lipinski definition) is 4. The highest BCUT2D eigenvalue weighted by Crippen LogP contribution is 2.30. The Morgan fingerprint density at radius 1 is 1.28 bits per heavy atom. The van der Waals surface area contributed by atoms with Crippen LogP contribution in [0.3, 0.4) is 0 Å². The van der Waals surface area contributed by atoms with E-state index in [0.29, 0.717) is 39.9 Å². The molecule has 2 aromatic carbocycles. The van der Waals surface area contributed by atoms with Gasteiger partial charge in [-0.05, 0) is 54.2 Å². The van der Waals surface area contributed by atoms with Crippen molar-refractivity contribution in [3.8, 4) is 5.75 Å². The van der Waals surface area contributed by atoms with Crippen molar-refractivity contribution in [1.29, 1.82) is 0 Å². The van der Waals surface area contributed by atoms with E-state index in [4.69, 9.17) is 26.8 Å². The van der Waals surface area contributed by atoms with Crippen molar-refractivity contribution in [3.63, 3.8) is 0 Å². The van der Waals surface area contributed by atoms with Gasteiger partial charge in [-0.25, -0.2) is 9.38 Å². The molecule has 3 rings (SSSR count). The summed E-state index contributed by atoms with van der Waals surface area (Å²) in [4.78, 5) is 19.1. The summed E-state index contributed by atoms with van der Waals surface area (Å²) in [6, 6.07) is 13.0. The Morgan fingerprint density at radius 2 is 2.11 bits per heavy atom. The summed E-state index contributed by atoms with van der Waals surface area (Å²) in [5.41, 5.74) is 9.46. The summed E-state index contributed by atoms with van der Waals surface area (Å²) in [5, 5.41) is 6.07. The van der Waals surface area contributed by atoms with Gasteiger partial charge in [0.25, 0.3) is 0 Å². The Labute approximate surface area is 213 Å². The average molecular weight is 512 g/mol. The van der Waals surface area contributed by atoms with Crippen LogP contribution < -0.4 is 21.1 Å². The minimum Gasteiger partial charge on any atom is -0.487 e. The normalized spacial score (nSPS) is 11.5. The molecule has 1 heterocycles. The lowest BCUT2D eigenvalue weighted by Crippen LogP contribution is -2.26. The molecule has 188 valence electrons. The second-order valence-electron chi connectivity index (χ2n) is 7.53. The number of anilines is 1. The number of rotatable bonds is 12. The number of methoxy groups -OCH3 is 1. The summed E-state index contributed by atoms with van der Waals surface area (Å²) in [5.74, 6) is 0.127. The van der Waals surface area contributed by atoms with Crippen molar-refractivity contribution in [2.45, 2.75) is 6.61 Å². The van der Waals surface area contributed by atoms with Gasteiger partial charge in [0.2, 0.25) is 5.91 Å². The summed E-state index contributed by atoms with van der Waals surface area (Å²) < 4.78 is 23.8. The maximum atomic E-state index is 13.4. The predicted molar refractivity (Wildman–Crippen MR) is 141 cm³/mol. The maximum Gasteiger partial charge on any atom is 0.246 e. The lowest BCUT2D eigenvalue weighted by Gasteiger charge is -2.09. The highest BCUT2D eigenvalue weighted by Gasteiger charge is 2.11. The fraction of sp³-hybridized carbons (Fsp3) is 0.154. The number of nitrogens with two attached hydrogens (primary N) is 1. The minimum atomic E-state index is -0.329. The number of H-pyrrole nitrogens is 1. The number of aliphatic imine (C=N–C) groups is 1. The molecule has 3 aromatic rings. The van der Waals surface area contributed by atoms with Gasteiger partial charge >= 0.3 is 0 Å². The van der Waals surface area contributed by atoms with Gasteiger partial charge in [0.05, 0.1) is 16.4 Å². The van der Waals surface area contributed by atoms with Crippen molar-refractivity contribution in [3.05, 3.63) is 95.2 Å². The van der Waals surface area contributed by atoms with E-state index in [1.165, 1.54) is 25.4 Å². The molecule has 5 N–H and O–H groups in total. The Balaban J connectivity index is 1.71. The van der Waals surface area contributed by atoms with Crippen molar-refractivity contribution in [2.24, 2.45) is 10.7 Å². The molecule has 0 saturated heterocycles. The van der Waals surface area contributed by atoms with E-state index < -0.39 is 0 Å². The van der Waals surface area contributed by atoms with Crippen molar-refractivity contribution >= 4 is 40.8 Å². The van der Waals surface area contributed by atoms with Gasteiger partial charge in [-0.2, -0.15) is 0 Å². The summed E-state index contributed by atoms with van der Waals surface area (Å²) in [6.07, 6.45) is 5.12. The molecule has 0 fully saturated rings. The number of hydrogen-bond acceptors (Lipinski definition) is 5. The van der Waals surface area contributed by atoms with Crippen LogP contribution in [-0.2, 0) is 16.1 Å². The molecule has 0 aliphatic rings. The Bertz CT molecular complexity index is 1270. The molecule has 1 aromatic heterocycles. The van der Waals surface area contributed by atoms with Gasteiger partial charge in [-0.15, -0.1) is 0 Å². The third-order valence-corrected chi connectivity index (χ3v) is 5.09. The van der Waals surface area contributed by atoms with Crippen LogP contribution in [0.1, 0.15) is 17.0 Å². The van der Waals surface area contributed by atoms with Crippen LogP contribution in [0, 0.1) is 5.82 Å². The van der Waals surface area contributed by atoms with Crippen LogP contribution in [0.15, 0.2) is 72.4 Å². The average Bonchev–Trinajstić information content (AvgIpc) is 3.25. The number of aromatic nitrogens is 1. The van der Waals surface area contributed by atoms with Crippen molar-refractivity contribution in [2.75, 3.05) is 25.6 Å². The van der Waals surface area contributed by atoms with Gasteiger partial charge < -0.3 is 30.8 Å². The molecule has 0 spiro atoms. The van der Waals surface area contributed by atoms with E-state index in [1.54, 1.807) is 42.5 Å². The van der Waals surface area contributed by atoms with E-state index in [9.17, 15) is 9.18 Å². The molecule has 0 radical (unpaired) electrons. The molecule has 1 amide bonds. The summed E-state index contributed by atoms with van der Waals surface area (Å²) in [7, 11) is 1.46. The number of carbonyl (C=O) groups excluding carboxylic acids is 1. The quantitative estimate of drug-likeness (QED) is 0.207. The monoisotopic (exact) mass is 511 g/mol. The van der Waals surface area contributed by atoms with Crippen LogP contribution in [0.4, 0.5) is 15.8 Å². The molecule has 0 atom stereocenters. The number of carbonyl (C=O) groups is 1. The van der Waals surface area contributed by atoms with Gasteiger partial charge in [-0.1, -0.05) is 36.4 Å². The van der Waals surface area contributed by atoms with Gasteiger partial charge in [-0.3, -0.25) is 4.79 Å². The fourth-order valence-electron chi connectivity index (χ4n) is 3.19. The molecule has 0 aliphatic carbocycles. The lowest BCUT2D eigenvalue weighted by atomic mass is 10.2. The van der Waals surface area contributed by atoms with Crippen LogP contribution in [0.2, 0.25) is 5.02 Å². The van der Waals surface area contributed by atoms with Gasteiger partial charge in [0.15, 0.2) is 0 Å². The van der Waals surface area contributed by atoms with E-state index in [0.717, 1.165) is 5.69 Å². The number of aromatic amines is 1. The molecule has 0 bridgehead atoms. The van der Waals surface area contributed by atoms with Crippen LogP contribution in [-0.4, -0.2) is 37.0 Å². The Hall–Kier alpha value is -4.08. The van der Waals surface area contributed by atoms with Crippen molar-refractivity contribution < 1.29 is 18.7 Å². The highest BCUT2D eigenvalue weighted by atomic mass is 35.5. The molecule has 36 heavy (non-hydrogen) atoms. The third-order valence-electron chi connectivity index (χ3n) is 4.79. The first kappa shape index (κ1) is 26.5. The van der Waals surface area contributed by atoms with E-state index >= 15 is 0 Å². The number of halogens is 2. The first-order chi connectivity index (χ1) is 17.4. The lowest BCUT2D eigenvalue weighted by molar-refractivity contribution is -0.124. The number of nitrogens with zero attached hydrogens (tertiary/aromatic N) is 1. The third kappa shape index (κ3) is 7.72. The van der Waals surface area contributed by atoms with Gasteiger partial charge in [0.1, 0.15) is 36.3 Å². The number of amidine groups is 1. The first-order valence-corrected chi connectivity index (χ1v) is 11.3. The van der Waals surface area contributed by atoms with Crippen LogP contribution in [0.5, 0.6) is 5.75 Å². The van der Waals surface area contributed by atoms with E-state index in [2.05, 4.69) is 27.2 Å². The predicted octanol–water partition coefficient (Wildman–Crippen LogP) is 4.75. The van der Waals surface area contributed by atoms with E-state index in [1.807, 2.05) is 6.07 Å². The number of ether oxygens (including phenoxy) is 2. The van der Waals surface area contributed by atoms with Crippen LogP contribution in [0.25, 0.3) is 6.08 Å². The molecule has 10 heteroatoms.